The van der Waals surface area contributed by atoms with E-state index >= 15 is 0 Å². The number of fused-ring (bicyclic) bond motifs is 1. The number of benzene rings is 2. The third-order valence-corrected chi connectivity index (χ3v) is 5.58. The van der Waals surface area contributed by atoms with Gasteiger partial charge < -0.3 is 9.73 Å². The van der Waals surface area contributed by atoms with Crippen molar-refractivity contribution in [2.45, 2.75) is 32.7 Å². The predicted octanol–water partition coefficient (Wildman–Crippen LogP) is 3.52. The second-order valence-corrected chi connectivity index (χ2v) is 7.65. The van der Waals surface area contributed by atoms with Crippen LogP contribution in [0.15, 0.2) is 45.6 Å². The van der Waals surface area contributed by atoms with Crippen molar-refractivity contribution in [3.63, 3.8) is 0 Å². The number of aryl methyl sites for hydroxylation is 3. The van der Waals surface area contributed by atoms with Gasteiger partial charge in [-0.2, -0.15) is 0 Å². The number of nitrogens with one attached hydrogen (secondary N) is 1. The van der Waals surface area contributed by atoms with Crippen LogP contribution in [0.5, 0.6) is 0 Å². The molecule has 1 aliphatic rings. The number of hydrogen-bond donors (Lipinski definition) is 1. The van der Waals surface area contributed by atoms with Gasteiger partial charge in [-0.25, -0.2) is 4.79 Å². The molecule has 0 bridgehead atoms. The summed E-state index contributed by atoms with van der Waals surface area (Å²) in [5, 5.41) is 2.94. The van der Waals surface area contributed by atoms with Crippen molar-refractivity contribution >= 4 is 22.7 Å². The fraction of sp³-hybridized carbons (Fsp3) is 0.364. The van der Waals surface area contributed by atoms with E-state index in [1.54, 1.807) is 25.2 Å². The molecular weight excluding hydrogens is 354 g/mol. The molecule has 1 atom stereocenters. The molecule has 1 aromatic heterocycles. The number of nitrogens with zero attached hydrogens (tertiary/aromatic N) is 2. The second-order valence-electron chi connectivity index (χ2n) is 7.65. The summed E-state index contributed by atoms with van der Waals surface area (Å²) in [5.74, 6) is -0.471. The highest BCUT2D eigenvalue weighted by Crippen LogP contribution is 2.34. The van der Waals surface area contributed by atoms with Crippen LogP contribution in [-0.4, -0.2) is 28.5 Å². The van der Waals surface area contributed by atoms with E-state index in [2.05, 4.69) is 42.3 Å². The third-order valence-electron chi connectivity index (χ3n) is 5.58. The molecule has 0 saturated carbocycles. The first kappa shape index (κ1) is 18.5. The zero-order valence-electron chi connectivity index (χ0n) is 16.5. The third kappa shape index (κ3) is 3.47. The Morgan fingerprint density at radius 3 is 2.86 bits per heavy atom. The lowest BCUT2D eigenvalue weighted by molar-refractivity contribution is -0.117. The van der Waals surface area contributed by atoms with Crippen LogP contribution in [0.2, 0.25) is 0 Å². The molecule has 6 nitrogen and oxygen atoms in total. The minimum absolute atomic E-state index is 0.0603. The Balaban J connectivity index is 1.48. The lowest BCUT2D eigenvalue weighted by Gasteiger charge is -2.26. The predicted molar refractivity (Wildman–Crippen MR) is 110 cm³/mol. The number of carbonyl (C=O) groups excluding carboxylic acids is 1. The Labute approximate surface area is 163 Å². The lowest BCUT2D eigenvalue weighted by Crippen LogP contribution is -2.33. The first-order valence-corrected chi connectivity index (χ1v) is 9.63. The Hall–Kier alpha value is -2.86. The summed E-state index contributed by atoms with van der Waals surface area (Å²) in [6, 6.07) is 12.1. The van der Waals surface area contributed by atoms with E-state index < -0.39 is 5.76 Å². The molecule has 1 unspecified atom stereocenters. The van der Waals surface area contributed by atoms with Gasteiger partial charge in [0.2, 0.25) is 5.91 Å². The molecule has 1 fully saturated rings. The number of rotatable bonds is 4. The Morgan fingerprint density at radius 1 is 1.21 bits per heavy atom. The Kier molecular flexibility index (Phi) is 4.81. The number of aromatic nitrogens is 1. The summed E-state index contributed by atoms with van der Waals surface area (Å²) in [7, 11) is 1.66. The highest BCUT2D eigenvalue weighted by molar-refractivity contribution is 5.94. The molecule has 28 heavy (non-hydrogen) atoms. The zero-order valence-corrected chi connectivity index (χ0v) is 16.5. The Bertz CT molecular complexity index is 1100. The van der Waals surface area contributed by atoms with Crippen LogP contribution in [0.3, 0.4) is 0 Å². The first-order chi connectivity index (χ1) is 13.4. The molecule has 2 aromatic carbocycles. The summed E-state index contributed by atoms with van der Waals surface area (Å²) in [6.45, 7) is 5.49. The largest absolute Gasteiger partial charge is 0.419 e. The number of oxazole rings is 1. The van der Waals surface area contributed by atoms with Crippen LogP contribution in [-0.2, 0) is 11.8 Å². The second kappa shape index (κ2) is 7.28. The van der Waals surface area contributed by atoms with Gasteiger partial charge in [0.1, 0.15) is 0 Å². The van der Waals surface area contributed by atoms with Gasteiger partial charge in [-0.1, -0.05) is 23.8 Å². The van der Waals surface area contributed by atoms with Crippen molar-refractivity contribution in [1.82, 2.24) is 9.47 Å². The van der Waals surface area contributed by atoms with Gasteiger partial charge >= 0.3 is 5.76 Å². The van der Waals surface area contributed by atoms with Crippen molar-refractivity contribution in [3.8, 4) is 0 Å². The fourth-order valence-corrected chi connectivity index (χ4v) is 4.08. The molecule has 1 aliphatic heterocycles. The van der Waals surface area contributed by atoms with Crippen molar-refractivity contribution in [2.75, 3.05) is 18.4 Å². The molecule has 0 aliphatic carbocycles. The smallest absolute Gasteiger partial charge is 0.408 e. The average molecular weight is 379 g/mol. The van der Waals surface area contributed by atoms with Gasteiger partial charge in [0.05, 0.1) is 12.1 Å². The van der Waals surface area contributed by atoms with Gasteiger partial charge in [-0.15, -0.1) is 0 Å². The lowest BCUT2D eigenvalue weighted by atomic mass is 9.97. The number of likely N-dealkylation sites (tertiary alicyclic amines) is 1. The molecule has 4 rings (SSSR count). The van der Waals surface area contributed by atoms with E-state index in [0.29, 0.717) is 23.3 Å². The highest BCUT2D eigenvalue weighted by Gasteiger charge is 2.28. The fourth-order valence-electron chi connectivity index (χ4n) is 4.08. The molecule has 3 aromatic rings. The topological polar surface area (TPSA) is 67.5 Å². The standard InChI is InChI=1S/C22H25N3O3/c1-14-6-7-15(2)17(11-14)18-5-4-10-25(18)13-21(26)23-16-8-9-19-20(12-16)28-22(27)24(19)3/h6-9,11-12,18H,4-5,10,13H2,1-3H3,(H,23,26). The van der Waals surface area contributed by atoms with Gasteiger partial charge in [-0.3, -0.25) is 14.3 Å². The Morgan fingerprint density at radius 2 is 2.04 bits per heavy atom. The van der Waals surface area contributed by atoms with Crippen molar-refractivity contribution in [2.24, 2.45) is 7.05 Å². The zero-order chi connectivity index (χ0) is 19.8. The van der Waals surface area contributed by atoms with Gasteiger partial charge in [0, 0.05) is 24.8 Å². The molecule has 146 valence electrons. The molecule has 1 N–H and O–H groups in total. The SMILES string of the molecule is Cc1ccc(C)c(C2CCCN2CC(=O)Nc2ccc3c(c2)oc(=O)n3C)c1. The molecule has 1 saturated heterocycles. The maximum atomic E-state index is 12.7. The first-order valence-electron chi connectivity index (χ1n) is 9.63. The summed E-state index contributed by atoms with van der Waals surface area (Å²) in [6.07, 6.45) is 2.16. The minimum atomic E-state index is -0.410. The maximum absolute atomic E-state index is 12.7. The summed E-state index contributed by atoms with van der Waals surface area (Å²) >= 11 is 0. The van der Waals surface area contributed by atoms with Gasteiger partial charge in [0.25, 0.3) is 0 Å². The van der Waals surface area contributed by atoms with Crippen molar-refractivity contribution in [3.05, 3.63) is 63.6 Å². The molecule has 1 amide bonds. The van der Waals surface area contributed by atoms with Gasteiger partial charge in [0.15, 0.2) is 5.58 Å². The van der Waals surface area contributed by atoms with E-state index in [1.165, 1.54) is 21.3 Å². The molecule has 2 heterocycles. The quantitative estimate of drug-likeness (QED) is 0.753. The normalized spacial score (nSPS) is 17.3. The number of amides is 1. The number of carbonyl (C=O) groups is 1. The number of anilines is 1. The van der Waals surface area contributed by atoms with E-state index in [4.69, 9.17) is 4.42 Å². The van der Waals surface area contributed by atoms with Crippen LogP contribution >= 0.6 is 0 Å². The van der Waals surface area contributed by atoms with Gasteiger partial charge in [-0.05, 0) is 56.5 Å². The van der Waals surface area contributed by atoms with Crippen LogP contribution in [0.25, 0.3) is 11.1 Å². The van der Waals surface area contributed by atoms with Crippen molar-refractivity contribution in [1.29, 1.82) is 0 Å². The maximum Gasteiger partial charge on any atom is 0.419 e. The summed E-state index contributed by atoms with van der Waals surface area (Å²) in [5.41, 5.74) is 5.64. The van der Waals surface area contributed by atoms with Crippen LogP contribution in [0.1, 0.15) is 35.6 Å². The molecule has 0 spiro atoms. The molecule has 0 radical (unpaired) electrons. The molecule has 6 heteroatoms. The summed E-state index contributed by atoms with van der Waals surface area (Å²) in [4.78, 5) is 26.5. The van der Waals surface area contributed by atoms with E-state index in [0.717, 1.165) is 19.4 Å². The van der Waals surface area contributed by atoms with Crippen LogP contribution < -0.4 is 11.1 Å². The average Bonchev–Trinajstić information content (AvgIpc) is 3.21. The van der Waals surface area contributed by atoms with Crippen LogP contribution in [0.4, 0.5) is 5.69 Å². The van der Waals surface area contributed by atoms with E-state index in [1.807, 2.05) is 0 Å². The van der Waals surface area contributed by atoms with E-state index in [9.17, 15) is 9.59 Å². The monoisotopic (exact) mass is 379 g/mol. The van der Waals surface area contributed by atoms with Crippen molar-refractivity contribution < 1.29 is 9.21 Å². The van der Waals surface area contributed by atoms with Crippen LogP contribution in [0, 0.1) is 13.8 Å². The van der Waals surface area contributed by atoms with E-state index in [-0.39, 0.29) is 11.9 Å². The highest BCUT2D eigenvalue weighted by atomic mass is 16.4. The number of hydrogen-bond acceptors (Lipinski definition) is 4. The minimum Gasteiger partial charge on any atom is -0.408 e. The summed E-state index contributed by atoms with van der Waals surface area (Å²) < 4.78 is 6.64. The molecular formula is C22H25N3O3.